The number of hydrogen-bond acceptors (Lipinski definition) is 3. The number of nitrogens with zero attached hydrogens (tertiary/aromatic N) is 2. The maximum atomic E-state index is 11.7. The maximum Gasteiger partial charge on any atom is 0.290 e. The Kier molecular flexibility index (Phi) is 3.50. The van der Waals surface area contributed by atoms with Crippen LogP contribution in [-0.2, 0) is 0 Å². The Bertz CT molecular complexity index is 413. The fraction of sp³-hybridized carbons (Fsp3) is 0.692. The van der Waals surface area contributed by atoms with E-state index in [-0.39, 0.29) is 5.56 Å². The molecular weight excluding hydrogens is 214 g/mol. The minimum absolute atomic E-state index is 0.0759. The van der Waals surface area contributed by atoms with Crippen molar-refractivity contribution in [1.82, 2.24) is 9.97 Å². The number of anilines is 1. The quantitative estimate of drug-likeness (QED) is 0.873. The molecule has 1 aliphatic rings. The summed E-state index contributed by atoms with van der Waals surface area (Å²) < 4.78 is 0. The van der Waals surface area contributed by atoms with Gasteiger partial charge in [-0.1, -0.05) is 26.7 Å². The molecule has 4 nitrogen and oxygen atoms in total. The van der Waals surface area contributed by atoms with Crippen molar-refractivity contribution >= 4 is 5.82 Å². The molecule has 2 heterocycles. The van der Waals surface area contributed by atoms with Crippen molar-refractivity contribution in [2.75, 3.05) is 18.0 Å². The van der Waals surface area contributed by atoms with Crippen LogP contribution in [0.25, 0.3) is 0 Å². The van der Waals surface area contributed by atoms with Gasteiger partial charge in [0, 0.05) is 25.5 Å². The second-order valence-electron chi connectivity index (χ2n) is 4.94. The number of H-pyrrole nitrogens is 1. The minimum atomic E-state index is -0.0759. The zero-order valence-corrected chi connectivity index (χ0v) is 10.7. The summed E-state index contributed by atoms with van der Waals surface area (Å²) in [6.07, 6.45) is 8.02. The van der Waals surface area contributed by atoms with E-state index in [0.717, 1.165) is 25.9 Å². The molecule has 1 aromatic heterocycles. The molecule has 1 aromatic rings. The molecule has 1 fully saturated rings. The Labute approximate surface area is 102 Å². The molecular formula is C13H21N3O. The van der Waals surface area contributed by atoms with Gasteiger partial charge in [0.05, 0.1) is 0 Å². The maximum absolute atomic E-state index is 11.7. The summed E-state index contributed by atoms with van der Waals surface area (Å²) in [6, 6.07) is 0. The smallest absolute Gasteiger partial charge is 0.290 e. The number of rotatable bonds is 3. The van der Waals surface area contributed by atoms with Gasteiger partial charge in [0.15, 0.2) is 5.82 Å². The Morgan fingerprint density at radius 1 is 1.35 bits per heavy atom. The van der Waals surface area contributed by atoms with Gasteiger partial charge in [0.2, 0.25) is 0 Å². The molecule has 0 aromatic carbocycles. The van der Waals surface area contributed by atoms with Crippen LogP contribution in [0.2, 0.25) is 0 Å². The van der Waals surface area contributed by atoms with Crippen molar-refractivity contribution in [2.24, 2.45) is 5.41 Å². The first kappa shape index (κ1) is 12.1. The van der Waals surface area contributed by atoms with Gasteiger partial charge in [0.25, 0.3) is 5.56 Å². The van der Waals surface area contributed by atoms with Crippen LogP contribution in [-0.4, -0.2) is 23.1 Å². The molecule has 0 unspecified atom stereocenters. The summed E-state index contributed by atoms with van der Waals surface area (Å²) in [6.45, 7) is 6.43. The lowest BCUT2D eigenvalue weighted by atomic mass is 9.74. The third kappa shape index (κ3) is 2.35. The summed E-state index contributed by atoms with van der Waals surface area (Å²) in [5.41, 5.74) is 0.408. The molecule has 0 spiro atoms. The standard InChI is InChI=1S/C13H21N3O/c1-3-13(4-2)5-9-16(10-6-13)11-12(17)15-8-7-14-11/h7-8H,3-6,9-10H2,1-2H3,(H,15,17). The Balaban J connectivity index is 2.10. The van der Waals surface area contributed by atoms with Crippen molar-refractivity contribution in [2.45, 2.75) is 39.5 Å². The fourth-order valence-corrected chi connectivity index (χ4v) is 2.72. The van der Waals surface area contributed by atoms with Crippen LogP contribution in [0.5, 0.6) is 0 Å². The average molecular weight is 235 g/mol. The molecule has 0 amide bonds. The lowest BCUT2D eigenvalue weighted by molar-refractivity contribution is 0.199. The van der Waals surface area contributed by atoms with Gasteiger partial charge in [-0.2, -0.15) is 0 Å². The summed E-state index contributed by atoms with van der Waals surface area (Å²) in [7, 11) is 0. The first-order valence-corrected chi connectivity index (χ1v) is 6.49. The second kappa shape index (κ2) is 4.90. The Hall–Kier alpha value is -1.32. The van der Waals surface area contributed by atoms with Crippen LogP contribution in [0.1, 0.15) is 39.5 Å². The molecule has 2 rings (SSSR count). The van der Waals surface area contributed by atoms with Crippen LogP contribution >= 0.6 is 0 Å². The molecule has 0 bridgehead atoms. The highest BCUT2D eigenvalue weighted by atomic mass is 16.1. The molecule has 1 saturated heterocycles. The summed E-state index contributed by atoms with van der Waals surface area (Å²) in [5.74, 6) is 0.577. The first-order chi connectivity index (χ1) is 8.21. The Morgan fingerprint density at radius 2 is 2.00 bits per heavy atom. The lowest BCUT2D eigenvalue weighted by Gasteiger charge is -2.41. The molecule has 1 N–H and O–H groups in total. The highest BCUT2D eigenvalue weighted by molar-refractivity contribution is 5.35. The largest absolute Gasteiger partial charge is 0.352 e. The van der Waals surface area contributed by atoms with Gasteiger partial charge >= 0.3 is 0 Å². The van der Waals surface area contributed by atoms with Gasteiger partial charge in [-0.05, 0) is 18.3 Å². The number of piperidine rings is 1. The monoisotopic (exact) mass is 235 g/mol. The van der Waals surface area contributed by atoms with Crippen LogP contribution in [0.3, 0.4) is 0 Å². The van der Waals surface area contributed by atoms with Gasteiger partial charge in [0.1, 0.15) is 0 Å². The summed E-state index contributed by atoms with van der Waals surface area (Å²) in [5, 5.41) is 0. The minimum Gasteiger partial charge on any atom is -0.352 e. The zero-order valence-electron chi connectivity index (χ0n) is 10.7. The second-order valence-corrected chi connectivity index (χ2v) is 4.94. The predicted octanol–water partition coefficient (Wildman–Crippen LogP) is 2.18. The number of aromatic nitrogens is 2. The van der Waals surface area contributed by atoms with Crippen molar-refractivity contribution in [3.8, 4) is 0 Å². The van der Waals surface area contributed by atoms with Crippen molar-refractivity contribution in [1.29, 1.82) is 0 Å². The molecule has 0 aliphatic carbocycles. The number of nitrogens with one attached hydrogen (secondary N) is 1. The van der Waals surface area contributed by atoms with E-state index in [1.165, 1.54) is 12.8 Å². The van der Waals surface area contributed by atoms with E-state index >= 15 is 0 Å². The normalized spacial score (nSPS) is 19.3. The molecule has 0 atom stereocenters. The van der Waals surface area contributed by atoms with E-state index in [1.807, 2.05) is 0 Å². The van der Waals surface area contributed by atoms with Crippen molar-refractivity contribution in [3.63, 3.8) is 0 Å². The molecule has 17 heavy (non-hydrogen) atoms. The summed E-state index contributed by atoms with van der Waals surface area (Å²) >= 11 is 0. The van der Waals surface area contributed by atoms with Crippen LogP contribution < -0.4 is 10.5 Å². The van der Waals surface area contributed by atoms with E-state index in [0.29, 0.717) is 11.2 Å². The zero-order chi connectivity index (χ0) is 12.3. The third-order valence-corrected chi connectivity index (χ3v) is 4.31. The number of aromatic amines is 1. The van der Waals surface area contributed by atoms with E-state index in [1.54, 1.807) is 12.4 Å². The highest BCUT2D eigenvalue weighted by Crippen LogP contribution is 2.38. The first-order valence-electron chi connectivity index (χ1n) is 6.49. The van der Waals surface area contributed by atoms with Gasteiger partial charge in [-0.3, -0.25) is 4.79 Å². The fourth-order valence-electron chi connectivity index (χ4n) is 2.72. The molecule has 1 aliphatic heterocycles. The topological polar surface area (TPSA) is 49.0 Å². The van der Waals surface area contributed by atoms with Gasteiger partial charge in [-0.25, -0.2) is 4.98 Å². The predicted molar refractivity (Wildman–Crippen MR) is 69.3 cm³/mol. The molecule has 94 valence electrons. The van der Waals surface area contributed by atoms with E-state index < -0.39 is 0 Å². The van der Waals surface area contributed by atoms with Crippen molar-refractivity contribution < 1.29 is 0 Å². The Morgan fingerprint density at radius 3 is 2.53 bits per heavy atom. The lowest BCUT2D eigenvalue weighted by Crippen LogP contribution is -2.42. The number of hydrogen-bond donors (Lipinski definition) is 1. The van der Waals surface area contributed by atoms with Crippen LogP contribution in [0.4, 0.5) is 5.82 Å². The van der Waals surface area contributed by atoms with E-state index in [9.17, 15) is 4.79 Å². The molecule has 0 saturated carbocycles. The van der Waals surface area contributed by atoms with Gasteiger partial charge < -0.3 is 9.88 Å². The van der Waals surface area contributed by atoms with Crippen molar-refractivity contribution in [3.05, 3.63) is 22.7 Å². The third-order valence-electron chi connectivity index (χ3n) is 4.31. The molecule has 4 heteroatoms. The van der Waals surface area contributed by atoms with Gasteiger partial charge in [-0.15, -0.1) is 0 Å². The summed E-state index contributed by atoms with van der Waals surface area (Å²) in [4.78, 5) is 20.6. The molecule has 0 radical (unpaired) electrons. The van der Waals surface area contributed by atoms with Crippen LogP contribution in [0.15, 0.2) is 17.2 Å². The average Bonchev–Trinajstić information content (AvgIpc) is 2.40. The van der Waals surface area contributed by atoms with E-state index in [4.69, 9.17) is 0 Å². The SMILES string of the molecule is CCC1(CC)CCN(c2ncc[nH]c2=O)CC1. The highest BCUT2D eigenvalue weighted by Gasteiger charge is 2.32. The van der Waals surface area contributed by atoms with Crippen LogP contribution in [0, 0.1) is 5.41 Å². The van der Waals surface area contributed by atoms with E-state index in [2.05, 4.69) is 28.7 Å².